The number of nitrogens with zero attached hydrogens (tertiary/aromatic N) is 1. The van der Waals surface area contributed by atoms with E-state index in [-0.39, 0.29) is 18.3 Å². The number of carbonyl (C=O) groups is 1. The van der Waals surface area contributed by atoms with Crippen LogP contribution in [0.2, 0.25) is 0 Å². The molecule has 130 valence electrons. The fourth-order valence-electron chi connectivity index (χ4n) is 3.05. The van der Waals surface area contributed by atoms with E-state index in [1.165, 1.54) is 0 Å². The van der Waals surface area contributed by atoms with E-state index in [0.29, 0.717) is 30.8 Å². The fraction of sp³-hybridized carbons (Fsp3) is 0.588. The first-order valence-corrected chi connectivity index (χ1v) is 7.92. The highest BCUT2D eigenvalue weighted by molar-refractivity contribution is 5.93. The molecule has 2 rings (SSSR count). The third-order valence-corrected chi connectivity index (χ3v) is 4.35. The van der Waals surface area contributed by atoms with E-state index in [9.17, 15) is 4.79 Å². The number of halogens is 1. The zero-order chi connectivity index (χ0) is 16.1. The van der Waals surface area contributed by atoms with Gasteiger partial charge in [-0.15, -0.1) is 12.4 Å². The van der Waals surface area contributed by atoms with Crippen LogP contribution < -0.4 is 15.8 Å². The Morgan fingerprint density at radius 3 is 2.87 bits per heavy atom. The monoisotopic (exact) mass is 341 g/mol. The SMILES string of the molecule is COc1ccc(C)cc1NC(=O)CN1CCC(C)CC1CN.Cl. The molecule has 2 unspecified atom stereocenters. The number of rotatable bonds is 5. The van der Waals surface area contributed by atoms with Crippen molar-refractivity contribution in [2.75, 3.05) is 32.1 Å². The summed E-state index contributed by atoms with van der Waals surface area (Å²) in [6.07, 6.45) is 2.19. The summed E-state index contributed by atoms with van der Waals surface area (Å²) >= 11 is 0. The molecule has 0 radical (unpaired) electrons. The van der Waals surface area contributed by atoms with Crippen LogP contribution in [-0.4, -0.2) is 43.6 Å². The number of nitrogens with two attached hydrogens (primary N) is 1. The lowest BCUT2D eigenvalue weighted by Crippen LogP contribution is -2.49. The van der Waals surface area contributed by atoms with Gasteiger partial charge in [-0.05, 0) is 49.9 Å². The maximum absolute atomic E-state index is 12.4. The zero-order valence-corrected chi connectivity index (χ0v) is 15.0. The van der Waals surface area contributed by atoms with Crippen molar-refractivity contribution in [3.05, 3.63) is 23.8 Å². The number of nitrogens with one attached hydrogen (secondary N) is 1. The normalized spacial score (nSPS) is 21.4. The first kappa shape index (κ1) is 19.7. The minimum absolute atomic E-state index is 0. The largest absolute Gasteiger partial charge is 0.495 e. The van der Waals surface area contributed by atoms with Gasteiger partial charge in [-0.2, -0.15) is 0 Å². The van der Waals surface area contributed by atoms with Gasteiger partial charge >= 0.3 is 0 Å². The molecule has 1 fully saturated rings. The van der Waals surface area contributed by atoms with Crippen LogP contribution >= 0.6 is 12.4 Å². The first-order valence-electron chi connectivity index (χ1n) is 7.92. The lowest BCUT2D eigenvalue weighted by atomic mass is 9.92. The third kappa shape index (κ3) is 5.37. The van der Waals surface area contributed by atoms with Crippen LogP contribution in [0.15, 0.2) is 18.2 Å². The van der Waals surface area contributed by atoms with Crippen LogP contribution in [0, 0.1) is 12.8 Å². The lowest BCUT2D eigenvalue weighted by Gasteiger charge is -2.37. The minimum Gasteiger partial charge on any atom is -0.495 e. The maximum Gasteiger partial charge on any atom is 0.238 e. The van der Waals surface area contributed by atoms with Crippen LogP contribution in [0.1, 0.15) is 25.3 Å². The van der Waals surface area contributed by atoms with E-state index in [4.69, 9.17) is 10.5 Å². The lowest BCUT2D eigenvalue weighted by molar-refractivity contribution is -0.118. The Hall–Kier alpha value is -1.30. The summed E-state index contributed by atoms with van der Waals surface area (Å²) in [5.74, 6) is 1.35. The third-order valence-electron chi connectivity index (χ3n) is 4.35. The van der Waals surface area contributed by atoms with Crippen molar-refractivity contribution in [2.45, 2.75) is 32.7 Å². The Labute approximate surface area is 145 Å². The van der Waals surface area contributed by atoms with Crippen LogP contribution in [0.5, 0.6) is 5.75 Å². The summed E-state index contributed by atoms with van der Waals surface area (Å²) in [6.45, 7) is 6.15. The fourth-order valence-corrected chi connectivity index (χ4v) is 3.05. The molecule has 1 saturated heterocycles. The summed E-state index contributed by atoms with van der Waals surface area (Å²) in [7, 11) is 1.61. The van der Waals surface area contributed by atoms with E-state index < -0.39 is 0 Å². The Morgan fingerprint density at radius 1 is 1.48 bits per heavy atom. The summed E-state index contributed by atoms with van der Waals surface area (Å²) < 4.78 is 5.30. The van der Waals surface area contributed by atoms with Gasteiger partial charge in [0.25, 0.3) is 0 Å². The highest BCUT2D eigenvalue weighted by atomic mass is 35.5. The molecule has 1 aliphatic heterocycles. The molecule has 0 spiro atoms. The molecule has 1 aliphatic rings. The number of ether oxygens (including phenoxy) is 1. The zero-order valence-electron chi connectivity index (χ0n) is 14.2. The van der Waals surface area contributed by atoms with Crippen molar-refractivity contribution < 1.29 is 9.53 Å². The smallest absolute Gasteiger partial charge is 0.238 e. The number of hydrogen-bond donors (Lipinski definition) is 2. The van der Waals surface area contributed by atoms with E-state index in [1.807, 2.05) is 25.1 Å². The average Bonchev–Trinajstić information content (AvgIpc) is 2.49. The number of piperidine rings is 1. The quantitative estimate of drug-likeness (QED) is 0.863. The van der Waals surface area contributed by atoms with Gasteiger partial charge in [-0.1, -0.05) is 13.0 Å². The molecule has 2 atom stereocenters. The van der Waals surface area contributed by atoms with Crippen molar-refractivity contribution in [2.24, 2.45) is 11.7 Å². The number of methoxy groups -OCH3 is 1. The van der Waals surface area contributed by atoms with E-state index in [0.717, 1.165) is 30.6 Å². The van der Waals surface area contributed by atoms with Gasteiger partial charge in [0.15, 0.2) is 0 Å². The molecule has 1 aromatic carbocycles. The van der Waals surface area contributed by atoms with Crippen LogP contribution in [0.25, 0.3) is 0 Å². The predicted molar refractivity (Wildman–Crippen MR) is 96.4 cm³/mol. The molecule has 5 nitrogen and oxygen atoms in total. The number of aryl methyl sites for hydroxylation is 1. The van der Waals surface area contributed by atoms with E-state index in [1.54, 1.807) is 7.11 Å². The van der Waals surface area contributed by atoms with Crippen molar-refractivity contribution in [1.29, 1.82) is 0 Å². The van der Waals surface area contributed by atoms with Crippen LogP contribution in [0.4, 0.5) is 5.69 Å². The number of benzene rings is 1. The molecular formula is C17H28ClN3O2. The van der Waals surface area contributed by atoms with Gasteiger partial charge in [0.2, 0.25) is 5.91 Å². The van der Waals surface area contributed by atoms with Crippen molar-refractivity contribution in [1.82, 2.24) is 4.90 Å². The van der Waals surface area contributed by atoms with Gasteiger partial charge in [-0.3, -0.25) is 9.69 Å². The van der Waals surface area contributed by atoms with E-state index in [2.05, 4.69) is 17.1 Å². The molecule has 1 heterocycles. The molecule has 1 amide bonds. The molecule has 0 aromatic heterocycles. The maximum atomic E-state index is 12.4. The number of hydrogen-bond acceptors (Lipinski definition) is 4. The van der Waals surface area contributed by atoms with Crippen molar-refractivity contribution >= 4 is 24.0 Å². The molecule has 23 heavy (non-hydrogen) atoms. The summed E-state index contributed by atoms with van der Waals surface area (Å²) in [6, 6.07) is 6.06. The van der Waals surface area contributed by atoms with Crippen LogP contribution in [0.3, 0.4) is 0 Å². The standard InChI is InChI=1S/C17H27N3O2.ClH/c1-12-4-5-16(22-3)15(9-12)19-17(21)11-20-7-6-13(2)8-14(20)10-18;/h4-5,9,13-14H,6-8,10-11,18H2,1-3H3,(H,19,21);1H. The highest BCUT2D eigenvalue weighted by Gasteiger charge is 2.26. The predicted octanol–water partition coefficient (Wildman–Crippen LogP) is 2.42. The Bertz CT molecular complexity index is 525. The molecule has 3 N–H and O–H groups in total. The van der Waals surface area contributed by atoms with Crippen LogP contribution in [-0.2, 0) is 4.79 Å². The number of anilines is 1. The van der Waals surface area contributed by atoms with Crippen molar-refractivity contribution in [3.63, 3.8) is 0 Å². The van der Waals surface area contributed by atoms with Gasteiger partial charge in [0, 0.05) is 12.6 Å². The molecule has 0 aliphatic carbocycles. The van der Waals surface area contributed by atoms with Crippen molar-refractivity contribution in [3.8, 4) is 5.75 Å². The first-order chi connectivity index (χ1) is 10.5. The summed E-state index contributed by atoms with van der Waals surface area (Å²) in [5.41, 5.74) is 7.67. The highest BCUT2D eigenvalue weighted by Crippen LogP contribution is 2.26. The minimum atomic E-state index is -0.0168. The average molecular weight is 342 g/mol. The number of amides is 1. The van der Waals surface area contributed by atoms with Gasteiger partial charge in [0.1, 0.15) is 5.75 Å². The topological polar surface area (TPSA) is 67.6 Å². The molecule has 6 heteroatoms. The molecule has 1 aromatic rings. The second kappa shape index (κ2) is 9.11. The second-order valence-corrected chi connectivity index (χ2v) is 6.24. The summed E-state index contributed by atoms with van der Waals surface area (Å²) in [4.78, 5) is 14.5. The Morgan fingerprint density at radius 2 is 2.22 bits per heavy atom. The Kier molecular flexibility index (Phi) is 7.82. The van der Waals surface area contributed by atoms with Gasteiger partial charge < -0.3 is 15.8 Å². The van der Waals surface area contributed by atoms with Gasteiger partial charge in [-0.25, -0.2) is 0 Å². The summed E-state index contributed by atoms with van der Waals surface area (Å²) in [5, 5.41) is 2.96. The number of likely N-dealkylation sites (tertiary alicyclic amines) is 1. The van der Waals surface area contributed by atoms with Gasteiger partial charge in [0.05, 0.1) is 19.3 Å². The molecular weight excluding hydrogens is 314 g/mol. The Balaban J connectivity index is 0.00000264. The number of carbonyl (C=O) groups excluding carboxylic acids is 1. The second-order valence-electron chi connectivity index (χ2n) is 6.24. The van der Waals surface area contributed by atoms with E-state index >= 15 is 0 Å². The molecule has 0 saturated carbocycles. The molecule has 0 bridgehead atoms.